The van der Waals surface area contributed by atoms with E-state index >= 15 is 0 Å². The van der Waals surface area contributed by atoms with Crippen LogP contribution in [0, 0.1) is 0 Å². The lowest BCUT2D eigenvalue weighted by molar-refractivity contribution is -0.131. The maximum Gasteiger partial charge on any atom is 0.328 e. The number of ether oxygens (including phenoxy) is 1. The number of methoxy groups -OCH3 is 1. The van der Waals surface area contributed by atoms with E-state index in [1.54, 1.807) is 13.2 Å². The summed E-state index contributed by atoms with van der Waals surface area (Å²) in [6, 6.07) is 7.60. The van der Waals surface area contributed by atoms with E-state index in [1.165, 1.54) is 0 Å². The highest BCUT2D eigenvalue weighted by atomic mass is 16.5. The van der Waals surface area contributed by atoms with Crippen molar-refractivity contribution in [1.82, 2.24) is 0 Å². The second-order valence-corrected chi connectivity index (χ2v) is 3.29. The topological polar surface area (TPSA) is 49.8 Å². The zero-order chi connectivity index (χ0) is 12.0. The fraction of sp³-hybridized carbons (Fsp3) is 0.250. The molecule has 0 bridgehead atoms. The Morgan fingerprint density at radius 2 is 2.19 bits per heavy atom. The van der Waals surface area contributed by atoms with E-state index in [0.717, 1.165) is 17.5 Å². The van der Waals surface area contributed by atoms with Crippen molar-refractivity contribution in [2.24, 2.45) is 0 Å². The van der Waals surface area contributed by atoms with Gasteiger partial charge in [0.2, 0.25) is 0 Å². The molecule has 0 aromatic heterocycles. The van der Waals surface area contributed by atoms with Crippen LogP contribution in [0.25, 0.3) is 0 Å². The molecule has 0 heterocycles. The fourth-order valence-electron chi connectivity index (χ4n) is 1.36. The first kappa shape index (κ1) is 12.1. The molecule has 0 atom stereocenters. The van der Waals surface area contributed by atoms with Gasteiger partial charge in [-0.3, -0.25) is 0 Å². The number of anilines is 1. The minimum absolute atomic E-state index is 0.521. The smallest absolute Gasteiger partial charge is 0.328 e. The molecule has 1 rings (SSSR count). The monoisotopic (exact) mass is 221 g/mol. The molecule has 16 heavy (non-hydrogen) atoms. The van der Waals surface area contributed by atoms with Crippen molar-refractivity contribution in [2.75, 3.05) is 25.6 Å². The van der Waals surface area contributed by atoms with Gasteiger partial charge in [-0.15, -0.1) is 0 Å². The van der Waals surface area contributed by atoms with Crippen LogP contribution < -0.4 is 9.64 Å². The van der Waals surface area contributed by atoms with E-state index in [1.807, 2.05) is 36.2 Å². The van der Waals surface area contributed by atoms with Crippen molar-refractivity contribution in [3.63, 3.8) is 0 Å². The van der Waals surface area contributed by atoms with Gasteiger partial charge in [-0.25, -0.2) is 4.79 Å². The Balaban J connectivity index is 2.72. The number of nitrogens with zero attached hydrogens (tertiary/aromatic N) is 1. The van der Waals surface area contributed by atoms with Gasteiger partial charge in [0.25, 0.3) is 0 Å². The summed E-state index contributed by atoms with van der Waals surface area (Å²) in [6.45, 7) is 0.521. The van der Waals surface area contributed by atoms with Crippen LogP contribution in [0.3, 0.4) is 0 Å². The number of carboxylic acids is 1. The number of hydrogen-bond donors (Lipinski definition) is 1. The van der Waals surface area contributed by atoms with Crippen LogP contribution in [-0.2, 0) is 4.79 Å². The molecule has 0 amide bonds. The molecule has 0 aliphatic heterocycles. The predicted octanol–water partition coefficient (Wildman–Crippen LogP) is 1.77. The Morgan fingerprint density at radius 1 is 1.50 bits per heavy atom. The molecular formula is C12H15NO3. The summed E-state index contributed by atoms with van der Waals surface area (Å²) in [6.07, 6.45) is 2.72. The molecule has 86 valence electrons. The van der Waals surface area contributed by atoms with Crippen LogP contribution in [0.5, 0.6) is 5.75 Å². The van der Waals surface area contributed by atoms with Gasteiger partial charge in [-0.2, -0.15) is 0 Å². The third kappa shape index (κ3) is 3.31. The average molecular weight is 221 g/mol. The molecule has 0 aliphatic rings. The summed E-state index contributed by atoms with van der Waals surface area (Å²) in [7, 11) is 3.49. The van der Waals surface area contributed by atoms with Crippen molar-refractivity contribution < 1.29 is 14.6 Å². The van der Waals surface area contributed by atoms with E-state index in [2.05, 4.69) is 0 Å². The first-order valence-corrected chi connectivity index (χ1v) is 4.88. The highest BCUT2D eigenvalue weighted by Gasteiger charge is 2.05. The predicted molar refractivity (Wildman–Crippen MR) is 63.0 cm³/mol. The van der Waals surface area contributed by atoms with Gasteiger partial charge in [0.15, 0.2) is 0 Å². The molecule has 4 heteroatoms. The standard InChI is InChI=1S/C12H15NO3/c1-13(9-5-8-12(14)15)10-6-3-4-7-11(10)16-2/h3-8H,9H2,1-2H3,(H,14,15)/b8-5+. The maximum absolute atomic E-state index is 10.3. The van der Waals surface area contributed by atoms with Gasteiger partial charge in [0, 0.05) is 19.7 Å². The second kappa shape index (κ2) is 5.80. The molecule has 0 fully saturated rings. The Bertz CT molecular complexity index is 388. The molecule has 1 aromatic carbocycles. The number of para-hydroxylation sites is 2. The molecule has 1 aromatic rings. The van der Waals surface area contributed by atoms with E-state index < -0.39 is 5.97 Å². The first-order valence-electron chi connectivity index (χ1n) is 4.88. The van der Waals surface area contributed by atoms with Crippen LogP contribution in [0.2, 0.25) is 0 Å². The number of rotatable bonds is 5. The number of benzene rings is 1. The lowest BCUT2D eigenvalue weighted by atomic mass is 10.2. The van der Waals surface area contributed by atoms with Crippen molar-refractivity contribution in [1.29, 1.82) is 0 Å². The highest BCUT2D eigenvalue weighted by molar-refractivity contribution is 5.79. The molecule has 0 unspecified atom stereocenters. The molecule has 0 saturated carbocycles. The summed E-state index contributed by atoms with van der Waals surface area (Å²) in [4.78, 5) is 12.2. The molecular weight excluding hydrogens is 206 g/mol. The summed E-state index contributed by atoms with van der Waals surface area (Å²) in [5.41, 5.74) is 0.931. The zero-order valence-electron chi connectivity index (χ0n) is 9.38. The van der Waals surface area contributed by atoms with Crippen LogP contribution in [0.1, 0.15) is 0 Å². The minimum atomic E-state index is -0.937. The van der Waals surface area contributed by atoms with Crippen LogP contribution in [0.4, 0.5) is 5.69 Å². The quantitative estimate of drug-likeness (QED) is 0.770. The average Bonchev–Trinajstić information content (AvgIpc) is 2.28. The number of hydrogen-bond acceptors (Lipinski definition) is 3. The van der Waals surface area contributed by atoms with Gasteiger partial charge in [0.05, 0.1) is 12.8 Å². The number of carbonyl (C=O) groups is 1. The summed E-state index contributed by atoms with van der Waals surface area (Å²) >= 11 is 0. The SMILES string of the molecule is COc1ccccc1N(C)C/C=C/C(=O)O. The molecule has 0 radical (unpaired) electrons. The Labute approximate surface area is 94.8 Å². The summed E-state index contributed by atoms with van der Waals surface area (Å²) in [5.74, 6) is -0.165. The zero-order valence-corrected chi connectivity index (χ0v) is 9.38. The molecule has 0 spiro atoms. The van der Waals surface area contributed by atoms with Crippen LogP contribution in [0.15, 0.2) is 36.4 Å². The molecule has 1 N–H and O–H groups in total. The van der Waals surface area contributed by atoms with E-state index in [-0.39, 0.29) is 0 Å². The van der Waals surface area contributed by atoms with E-state index in [0.29, 0.717) is 6.54 Å². The second-order valence-electron chi connectivity index (χ2n) is 3.29. The van der Waals surface area contributed by atoms with Crippen LogP contribution in [-0.4, -0.2) is 31.8 Å². The Morgan fingerprint density at radius 3 is 2.81 bits per heavy atom. The lowest BCUT2D eigenvalue weighted by Gasteiger charge is -2.19. The van der Waals surface area contributed by atoms with Crippen molar-refractivity contribution >= 4 is 11.7 Å². The first-order chi connectivity index (χ1) is 7.65. The van der Waals surface area contributed by atoms with Crippen LogP contribution >= 0.6 is 0 Å². The lowest BCUT2D eigenvalue weighted by Crippen LogP contribution is -2.17. The third-order valence-electron chi connectivity index (χ3n) is 2.14. The normalized spacial score (nSPS) is 10.4. The molecule has 0 saturated heterocycles. The Kier molecular flexibility index (Phi) is 4.39. The minimum Gasteiger partial charge on any atom is -0.495 e. The number of carboxylic acid groups (broad SMARTS) is 1. The van der Waals surface area contributed by atoms with E-state index in [4.69, 9.17) is 9.84 Å². The third-order valence-corrected chi connectivity index (χ3v) is 2.14. The summed E-state index contributed by atoms with van der Waals surface area (Å²) < 4.78 is 5.21. The van der Waals surface area contributed by atoms with Crippen molar-refractivity contribution in [2.45, 2.75) is 0 Å². The van der Waals surface area contributed by atoms with Gasteiger partial charge < -0.3 is 14.7 Å². The molecule has 4 nitrogen and oxygen atoms in total. The van der Waals surface area contributed by atoms with Gasteiger partial charge in [0.1, 0.15) is 5.75 Å². The Hall–Kier alpha value is -1.97. The van der Waals surface area contributed by atoms with Gasteiger partial charge in [-0.1, -0.05) is 18.2 Å². The van der Waals surface area contributed by atoms with Gasteiger partial charge in [-0.05, 0) is 12.1 Å². The summed E-state index contributed by atoms with van der Waals surface area (Å²) in [5, 5.41) is 8.47. The highest BCUT2D eigenvalue weighted by Crippen LogP contribution is 2.26. The largest absolute Gasteiger partial charge is 0.495 e. The maximum atomic E-state index is 10.3. The van der Waals surface area contributed by atoms with Gasteiger partial charge >= 0.3 is 5.97 Å². The molecule has 0 aliphatic carbocycles. The fourth-order valence-corrected chi connectivity index (χ4v) is 1.36. The van der Waals surface area contributed by atoms with E-state index in [9.17, 15) is 4.79 Å². The number of aliphatic carboxylic acids is 1. The number of likely N-dealkylation sites (N-methyl/N-ethyl adjacent to an activating group) is 1. The van der Waals surface area contributed by atoms with Crippen molar-refractivity contribution in [3.8, 4) is 5.75 Å². The van der Waals surface area contributed by atoms with Crippen molar-refractivity contribution in [3.05, 3.63) is 36.4 Å².